The first-order chi connectivity index (χ1) is 6.35. The van der Waals surface area contributed by atoms with Crippen LogP contribution in [0.15, 0.2) is 11.8 Å². The summed E-state index contributed by atoms with van der Waals surface area (Å²) < 4.78 is 4.88. The molecule has 0 radical (unpaired) electrons. The van der Waals surface area contributed by atoms with Gasteiger partial charge in [0, 0.05) is 17.9 Å². The Kier molecular flexibility index (Phi) is 6.34. The third kappa shape index (κ3) is 6.05. The van der Waals surface area contributed by atoms with E-state index in [0.717, 1.165) is 0 Å². The molecule has 0 aromatic rings. The van der Waals surface area contributed by atoms with Crippen molar-refractivity contribution in [1.82, 2.24) is 0 Å². The monoisotopic (exact) mass is 170 g/mol. The Labute approximate surface area is 77.2 Å². The molecule has 0 amide bonds. The molecule has 0 fully saturated rings. The highest BCUT2D eigenvalue weighted by molar-refractivity contribution is 5.36. The van der Waals surface area contributed by atoms with Crippen LogP contribution in [0, 0.1) is 46.3 Å². The molecule has 0 saturated heterocycles. The van der Waals surface area contributed by atoms with Crippen molar-refractivity contribution in [3.8, 4) is 35.8 Å². The second kappa shape index (κ2) is 7.74. The Balaban J connectivity index is 4.30. The fraction of sp³-hybridized carbons (Fsp3) is 0.200. The van der Waals surface area contributed by atoms with Gasteiger partial charge in [0.1, 0.15) is 6.07 Å². The molecule has 3 heteroatoms. The third-order valence-electron chi connectivity index (χ3n) is 0.866. The molecule has 3 nitrogen and oxygen atoms in total. The van der Waals surface area contributed by atoms with Crippen molar-refractivity contribution in [2.45, 2.75) is 6.92 Å². The molecule has 0 bridgehead atoms. The lowest BCUT2D eigenvalue weighted by molar-refractivity contribution is 0.245. The molecule has 0 aromatic carbocycles. The molecule has 0 aromatic heterocycles. The van der Waals surface area contributed by atoms with Crippen LogP contribution in [-0.4, -0.2) is 6.61 Å². The first kappa shape index (κ1) is 10.6. The SMILES string of the molecule is CCO/C(C#N)=C/C#CC#CC#N. The van der Waals surface area contributed by atoms with Crippen LogP contribution in [-0.2, 0) is 4.74 Å². The van der Waals surface area contributed by atoms with Crippen LogP contribution in [0.25, 0.3) is 0 Å². The highest BCUT2D eigenvalue weighted by Crippen LogP contribution is 1.92. The van der Waals surface area contributed by atoms with Crippen LogP contribution in [0.1, 0.15) is 6.92 Å². The number of rotatable bonds is 2. The second-order valence-electron chi connectivity index (χ2n) is 1.68. The lowest BCUT2D eigenvalue weighted by atomic mass is 10.4. The number of allylic oxidation sites excluding steroid dienone is 2. The smallest absolute Gasteiger partial charge is 0.205 e. The molecular formula is C10H6N2O. The quantitative estimate of drug-likeness (QED) is 0.352. The van der Waals surface area contributed by atoms with E-state index in [1.807, 2.05) is 6.07 Å². The van der Waals surface area contributed by atoms with E-state index < -0.39 is 0 Å². The van der Waals surface area contributed by atoms with E-state index in [1.165, 1.54) is 6.08 Å². The van der Waals surface area contributed by atoms with Gasteiger partial charge >= 0.3 is 0 Å². The van der Waals surface area contributed by atoms with E-state index in [9.17, 15) is 0 Å². The highest BCUT2D eigenvalue weighted by Gasteiger charge is 1.88. The average molecular weight is 170 g/mol. The first-order valence-electron chi connectivity index (χ1n) is 3.47. The molecule has 0 rings (SSSR count). The molecule has 0 aliphatic carbocycles. The van der Waals surface area contributed by atoms with Crippen molar-refractivity contribution in [2.24, 2.45) is 0 Å². The van der Waals surface area contributed by atoms with Crippen LogP contribution in [0.3, 0.4) is 0 Å². The summed E-state index contributed by atoms with van der Waals surface area (Å²) in [6.07, 6.45) is 1.32. The number of ether oxygens (including phenoxy) is 1. The van der Waals surface area contributed by atoms with E-state index in [2.05, 4.69) is 23.7 Å². The van der Waals surface area contributed by atoms with Gasteiger partial charge in [0.15, 0.2) is 6.07 Å². The van der Waals surface area contributed by atoms with Crippen LogP contribution >= 0.6 is 0 Å². The Morgan fingerprint density at radius 1 is 1.31 bits per heavy atom. The molecule has 62 valence electrons. The summed E-state index contributed by atoms with van der Waals surface area (Å²) in [7, 11) is 0. The van der Waals surface area contributed by atoms with Gasteiger partial charge in [-0.2, -0.15) is 10.5 Å². The minimum atomic E-state index is 0.147. The number of hydrogen-bond acceptors (Lipinski definition) is 3. The number of hydrogen-bond donors (Lipinski definition) is 0. The van der Waals surface area contributed by atoms with Crippen LogP contribution in [0.5, 0.6) is 0 Å². The topological polar surface area (TPSA) is 56.8 Å². The Hall–Kier alpha value is -2.36. The third-order valence-corrected chi connectivity index (χ3v) is 0.866. The minimum absolute atomic E-state index is 0.147. The summed E-state index contributed by atoms with van der Waals surface area (Å²) in [5.74, 6) is 9.36. The normalized spacial score (nSPS) is 7.77. The zero-order valence-corrected chi connectivity index (χ0v) is 7.09. The lowest BCUT2D eigenvalue weighted by Crippen LogP contribution is -1.86. The van der Waals surface area contributed by atoms with Gasteiger partial charge in [0.05, 0.1) is 6.61 Å². The van der Waals surface area contributed by atoms with Crippen molar-refractivity contribution in [3.05, 3.63) is 11.8 Å². The predicted octanol–water partition coefficient (Wildman–Crippen LogP) is 0.961. The molecule has 0 aliphatic heterocycles. The minimum Gasteiger partial charge on any atom is -0.484 e. The molecule has 0 saturated carbocycles. The first-order valence-corrected chi connectivity index (χ1v) is 3.47. The van der Waals surface area contributed by atoms with Crippen molar-refractivity contribution in [2.75, 3.05) is 6.61 Å². The summed E-state index contributed by atoms with van der Waals surface area (Å²) in [6, 6.07) is 3.43. The highest BCUT2D eigenvalue weighted by atomic mass is 16.5. The molecule has 0 atom stereocenters. The Morgan fingerprint density at radius 3 is 2.62 bits per heavy atom. The van der Waals surface area contributed by atoms with E-state index in [1.54, 1.807) is 13.0 Å². The van der Waals surface area contributed by atoms with E-state index in [0.29, 0.717) is 6.61 Å². The van der Waals surface area contributed by atoms with Crippen molar-refractivity contribution < 1.29 is 4.74 Å². The lowest BCUT2D eigenvalue weighted by Gasteiger charge is -1.94. The summed E-state index contributed by atoms with van der Waals surface area (Å²) in [4.78, 5) is 0. The van der Waals surface area contributed by atoms with Gasteiger partial charge < -0.3 is 4.74 Å². The largest absolute Gasteiger partial charge is 0.484 e. The summed E-state index contributed by atoms with van der Waals surface area (Å²) in [5.41, 5.74) is 0. The average Bonchev–Trinajstić information content (AvgIpc) is 2.16. The van der Waals surface area contributed by atoms with Crippen molar-refractivity contribution >= 4 is 0 Å². The van der Waals surface area contributed by atoms with E-state index in [4.69, 9.17) is 15.3 Å². The van der Waals surface area contributed by atoms with Crippen LogP contribution in [0.2, 0.25) is 0 Å². The Morgan fingerprint density at radius 2 is 2.08 bits per heavy atom. The molecule has 0 aliphatic rings. The predicted molar refractivity (Wildman–Crippen MR) is 46.5 cm³/mol. The standard InChI is InChI=1S/C10H6N2O/c1-2-13-10(9-12)7-5-3-4-6-8-11/h7H,2H2,1H3/b10-7+. The zero-order chi connectivity index (χ0) is 9.94. The summed E-state index contributed by atoms with van der Waals surface area (Å²) in [5, 5.41) is 16.5. The fourth-order valence-corrected chi connectivity index (χ4v) is 0.459. The second-order valence-corrected chi connectivity index (χ2v) is 1.68. The zero-order valence-electron chi connectivity index (χ0n) is 7.09. The maximum atomic E-state index is 8.46. The Bertz CT molecular complexity index is 385. The fourth-order valence-electron chi connectivity index (χ4n) is 0.459. The molecular weight excluding hydrogens is 164 g/mol. The van der Waals surface area contributed by atoms with Crippen molar-refractivity contribution in [1.29, 1.82) is 10.5 Å². The number of nitriles is 2. The molecule has 0 N–H and O–H groups in total. The maximum absolute atomic E-state index is 8.46. The molecule has 0 spiro atoms. The van der Waals surface area contributed by atoms with Gasteiger partial charge in [-0.25, -0.2) is 0 Å². The van der Waals surface area contributed by atoms with Crippen LogP contribution < -0.4 is 0 Å². The van der Waals surface area contributed by atoms with Gasteiger partial charge in [0.2, 0.25) is 5.76 Å². The van der Waals surface area contributed by atoms with Gasteiger partial charge in [-0.1, -0.05) is 5.92 Å². The van der Waals surface area contributed by atoms with Gasteiger partial charge in [-0.3, -0.25) is 0 Å². The van der Waals surface area contributed by atoms with Gasteiger partial charge in [-0.15, -0.1) is 0 Å². The molecule has 13 heavy (non-hydrogen) atoms. The molecule has 0 unspecified atom stereocenters. The van der Waals surface area contributed by atoms with Gasteiger partial charge in [-0.05, 0) is 12.8 Å². The van der Waals surface area contributed by atoms with E-state index >= 15 is 0 Å². The number of nitrogens with zero attached hydrogens (tertiary/aromatic N) is 2. The summed E-state index contributed by atoms with van der Waals surface area (Å²) >= 11 is 0. The maximum Gasteiger partial charge on any atom is 0.205 e. The van der Waals surface area contributed by atoms with Crippen LogP contribution in [0.4, 0.5) is 0 Å². The van der Waals surface area contributed by atoms with Crippen molar-refractivity contribution in [3.63, 3.8) is 0 Å². The van der Waals surface area contributed by atoms with E-state index in [-0.39, 0.29) is 5.76 Å². The van der Waals surface area contributed by atoms with Gasteiger partial charge in [0.25, 0.3) is 0 Å². The molecule has 0 heterocycles. The summed E-state index contributed by atoms with van der Waals surface area (Å²) in [6.45, 7) is 2.19.